The predicted octanol–water partition coefficient (Wildman–Crippen LogP) is 6.01. The molecule has 0 atom stereocenters. The van der Waals surface area contributed by atoms with Crippen molar-refractivity contribution in [3.05, 3.63) is 45.1 Å². The zero-order valence-corrected chi connectivity index (χ0v) is 16.5. The molecule has 3 rings (SSSR count). The molecule has 0 saturated heterocycles. The first-order valence-electron chi connectivity index (χ1n) is 7.02. The van der Waals surface area contributed by atoms with Crippen molar-refractivity contribution in [2.24, 2.45) is 0 Å². The van der Waals surface area contributed by atoms with E-state index >= 15 is 0 Å². The van der Waals surface area contributed by atoms with Crippen LogP contribution in [0, 0.1) is 6.92 Å². The molecule has 1 aromatic carbocycles. The van der Waals surface area contributed by atoms with Crippen LogP contribution in [0.5, 0.6) is 0 Å². The number of esters is 1. The molecule has 24 heavy (non-hydrogen) atoms. The largest absolute Gasteiger partial charge is 0.465 e. The fraction of sp³-hybridized carbons (Fsp3) is 0.176. The number of hydrogen-bond donors (Lipinski definition) is 0. The topological polar surface area (TPSA) is 39.2 Å². The minimum atomic E-state index is -0.313. The van der Waals surface area contributed by atoms with Gasteiger partial charge in [0.25, 0.3) is 0 Å². The van der Waals surface area contributed by atoms with Crippen molar-refractivity contribution in [2.45, 2.75) is 11.1 Å². The van der Waals surface area contributed by atoms with Crippen LogP contribution in [0.1, 0.15) is 15.2 Å². The molecule has 124 valence electrons. The van der Waals surface area contributed by atoms with E-state index in [1.54, 1.807) is 23.1 Å². The highest BCUT2D eigenvalue weighted by molar-refractivity contribution is 8.00. The Morgan fingerprint density at radius 1 is 1.33 bits per heavy atom. The fourth-order valence-corrected chi connectivity index (χ4v) is 5.09. The first kappa shape index (κ1) is 17.5. The third-order valence-electron chi connectivity index (χ3n) is 3.46. The van der Waals surface area contributed by atoms with Gasteiger partial charge in [0.2, 0.25) is 0 Å². The second-order valence-electron chi connectivity index (χ2n) is 5.01. The lowest BCUT2D eigenvalue weighted by molar-refractivity contribution is 0.0606. The first-order valence-corrected chi connectivity index (χ1v) is 10.3. The molecule has 0 N–H and O–H groups in total. The molecule has 3 aromatic rings. The lowest BCUT2D eigenvalue weighted by Crippen LogP contribution is -1.96. The summed E-state index contributed by atoms with van der Waals surface area (Å²) in [5.41, 5.74) is 3.95. The number of benzene rings is 1. The summed E-state index contributed by atoms with van der Waals surface area (Å²) in [6.07, 6.45) is 1.99. The summed E-state index contributed by atoms with van der Waals surface area (Å²) in [5.74, 6) is -0.313. The summed E-state index contributed by atoms with van der Waals surface area (Å²) in [6, 6.07) is 7.75. The zero-order chi connectivity index (χ0) is 17.3. The number of ether oxygens (including phenoxy) is 1. The van der Waals surface area contributed by atoms with Crippen molar-refractivity contribution in [2.75, 3.05) is 13.4 Å². The Bertz CT molecular complexity index is 901. The Morgan fingerprint density at radius 3 is 2.79 bits per heavy atom. The summed E-state index contributed by atoms with van der Waals surface area (Å²) in [7, 11) is 1.39. The molecule has 0 unspecified atom stereocenters. The molecule has 0 bridgehead atoms. The number of nitrogens with zero attached hydrogens (tertiary/aromatic N) is 1. The van der Waals surface area contributed by atoms with E-state index in [9.17, 15) is 4.79 Å². The summed E-state index contributed by atoms with van der Waals surface area (Å²) < 4.78 is 5.88. The van der Waals surface area contributed by atoms with Gasteiger partial charge in [-0.15, -0.1) is 34.4 Å². The van der Waals surface area contributed by atoms with E-state index in [4.69, 9.17) is 21.3 Å². The Morgan fingerprint density at radius 2 is 2.12 bits per heavy atom. The van der Waals surface area contributed by atoms with E-state index in [0.29, 0.717) is 4.88 Å². The van der Waals surface area contributed by atoms with Gasteiger partial charge in [-0.05, 0) is 36.9 Å². The van der Waals surface area contributed by atoms with Gasteiger partial charge in [-0.25, -0.2) is 9.78 Å². The predicted molar refractivity (Wildman–Crippen MR) is 104 cm³/mol. The van der Waals surface area contributed by atoms with Crippen molar-refractivity contribution < 1.29 is 9.53 Å². The Labute approximate surface area is 157 Å². The number of methoxy groups -OCH3 is 1. The summed E-state index contributed by atoms with van der Waals surface area (Å²) >= 11 is 10.7. The molecule has 2 aromatic heterocycles. The zero-order valence-electron chi connectivity index (χ0n) is 13.3. The van der Waals surface area contributed by atoms with Crippen molar-refractivity contribution in [1.82, 2.24) is 4.98 Å². The van der Waals surface area contributed by atoms with E-state index in [2.05, 4.69) is 0 Å². The summed E-state index contributed by atoms with van der Waals surface area (Å²) in [4.78, 5) is 17.1. The lowest BCUT2D eigenvalue weighted by atomic mass is 10.1. The van der Waals surface area contributed by atoms with Crippen molar-refractivity contribution in [3.63, 3.8) is 0 Å². The maximum Gasteiger partial charge on any atom is 0.348 e. The quantitative estimate of drug-likeness (QED) is 0.400. The molecule has 0 spiro atoms. The number of thiophene rings is 1. The van der Waals surface area contributed by atoms with Gasteiger partial charge in [0.05, 0.1) is 17.0 Å². The number of thioether (sulfide) groups is 1. The number of carbonyl (C=O) groups excluding carboxylic acids is 1. The second-order valence-corrected chi connectivity index (χ2v) is 8.40. The SMILES string of the molecule is COC(=O)c1cc(-c2nc(-c3ccc(Cl)c(C)c3)cs2)c(SC)s1. The summed E-state index contributed by atoms with van der Waals surface area (Å²) in [5, 5.41) is 3.67. The smallest absolute Gasteiger partial charge is 0.348 e. The third kappa shape index (κ3) is 3.37. The van der Waals surface area contributed by atoms with Crippen LogP contribution in [0.3, 0.4) is 0 Å². The highest BCUT2D eigenvalue weighted by atomic mass is 35.5. The Balaban J connectivity index is 2.00. The Kier molecular flexibility index (Phi) is 5.30. The average molecular weight is 396 g/mol. The van der Waals surface area contributed by atoms with Gasteiger partial charge in [-0.2, -0.15) is 0 Å². The molecule has 3 nitrogen and oxygen atoms in total. The molecule has 0 amide bonds. The van der Waals surface area contributed by atoms with E-state index < -0.39 is 0 Å². The number of hydrogen-bond acceptors (Lipinski definition) is 6. The number of aryl methyl sites for hydroxylation is 1. The van der Waals surface area contributed by atoms with Crippen LogP contribution < -0.4 is 0 Å². The van der Waals surface area contributed by atoms with Gasteiger partial charge < -0.3 is 4.74 Å². The van der Waals surface area contributed by atoms with Gasteiger partial charge in [0, 0.05) is 21.5 Å². The number of thiazole rings is 1. The number of aromatic nitrogens is 1. The van der Waals surface area contributed by atoms with Crippen LogP contribution in [-0.2, 0) is 4.74 Å². The monoisotopic (exact) mass is 395 g/mol. The molecule has 0 radical (unpaired) electrons. The minimum Gasteiger partial charge on any atom is -0.465 e. The van der Waals surface area contributed by atoms with Crippen LogP contribution in [0.25, 0.3) is 21.8 Å². The maximum absolute atomic E-state index is 11.8. The second kappa shape index (κ2) is 7.27. The van der Waals surface area contributed by atoms with Gasteiger partial charge in [0.15, 0.2) is 0 Å². The van der Waals surface area contributed by atoms with E-state index in [-0.39, 0.29) is 5.97 Å². The molecular formula is C17H14ClNO2S3. The number of halogens is 1. The fourth-order valence-electron chi connectivity index (χ4n) is 2.21. The van der Waals surface area contributed by atoms with Crippen LogP contribution in [-0.4, -0.2) is 24.3 Å². The molecule has 0 fully saturated rings. The standard InChI is InChI=1S/C17H14ClNO2S3/c1-9-6-10(4-5-12(9)18)13-8-23-15(19-13)11-7-14(16(20)21-2)24-17(11)22-3/h4-8H,1-3H3. The minimum absolute atomic E-state index is 0.313. The van der Waals surface area contributed by atoms with Crippen LogP contribution in [0.4, 0.5) is 0 Å². The van der Waals surface area contributed by atoms with Gasteiger partial charge in [-0.1, -0.05) is 17.7 Å². The van der Waals surface area contributed by atoms with Crippen LogP contribution in [0.2, 0.25) is 5.02 Å². The molecule has 2 heterocycles. The van der Waals surface area contributed by atoms with E-state index in [0.717, 1.165) is 36.6 Å². The normalized spacial score (nSPS) is 10.8. The Hall–Kier alpha value is -1.34. The number of carbonyl (C=O) groups is 1. The average Bonchev–Trinajstić information content (AvgIpc) is 3.22. The van der Waals surface area contributed by atoms with Crippen LogP contribution >= 0.6 is 46.0 Å². The third-order valence-corrected chi connectivity index (χ3v) is 7.01. The van der Waals surface area contributed by atoms with E-state index in [1.807, 2.05) is 42.8 Å². The summed E-state index contributed by atoms with van der Waals surface area (Å²) in [6.45, 7) is 1.98. The lowest BCUT2D eigenvalue weighted by Gasteiger charge is -2.01. The van der Waals surface area contributed by atoms with Gasteiger partial charge in [-0.3, -0.25) is 0 Å². The van der Waals surface area contributed by atoms with Crippen molar-refractivity contribution in [1.29, 1.82) is 0 Å². The maximum atomic E-state index is 11.8. The first-order chi connectivity index (χ1) is 11.5. The molecule has 0 aliphatic rings. The molecule has 0 aliphatic heterocycles. The highest BCUT2D eigenvalue weighted by Gasteiger charge is 2.18. The van der Waals surface area contributed by atoms with Crippen LogP contribution in [0.15, 0.2) is 33.9 Å². The molecular weight excluding hydrogens is 382 g/mol. The van der Waals surface area contributed by atoms with Crippen molar-refractivity contribution in [3.8, 4) is 21.8 Å². The van der Waals surface area contributed by atoms with Gasteiger partial charge >= 0.3 is 5.97 Å². The highest BCUT2D eigenvalue weighted by Crippen LogP contribution is 2.40. The van der Waals surface area contributed by atoms with E-state index in [1.165, 1.54) is 18.4 Å². The van der Waals surface area contributed by atoms with Gasteiger partial charge in [0.1, 0.15) is 9.88 Å². The van der Waals surface area contributed by atoms with Crippen molar-refractivity contribution >= 4 is 52.0 Å². The number of rotatable bonds is 4. The molecule has 0 aliphatic carbocycles. The molecule has 7 heteroatoms. The molecule has 0 saturated carbocycles.